The number of esters is 1. The zero-order valence-corrected chi connectivity index (χ0v) is 9.44. The van der Waals surface area contributed by atoms with Gasteiger partial charge < -0.3 is 9.15 Å². The maximum atomic E-state index is 13.6. The van der Waals surface area contributed by atoms with E-state index in [0.717, 1.165) is 12.5 Å². The molecule has 0 N–H and O–H groups in total. The molecule has 0 amide bonds. The van der Waals surface area contributed by atoms with E-state index in [1.807, 2.05) is 0 Å². The number of ether oxygens (including phenoxy) is 1. The number of rotatable bonds is 3. The third kappa shape index (κ3) is 2.09. The fourth-order valence-corrected chi connectivity index (χ4v) is 1.46. The normalized spacial score (nSPS) is 10.4. The van der Waals surface area contributed by atoms with Crippen molar-refractivity contribution in [1.29, 1.82) is 0 Å². The van der Waals surface area contributed by atoms with Crippen molar-refractivity contribution in [2.24, 2.45) is 0 Å². The van der Waals surface area contributed by atoms with E-state index in [-0.39, 0.29) is 23.6 Å². The molecule has 6 heteroatoms. The summed E-state index contributed by atoms with van der Waals surface area (Å²) in [4.78, 5) is 15.2. The molecule has 0 aliphatic carbocycles. The van der Waals surface area contributed by atoms with Crippen LogP contribution in [0, 0.1) is 11.6 Å². The van der Waals surface area contributed by atoms with Gasteiger partial charge in [-0.05, 0) is 19.1 Å². The second kappa shape index (κ2) is 4.95. The summed E-state index contributed by atoms with van der Waals surface area (Å²) in [5.74, 6) is -3.02. The van der Waals surface area contributed by atoms with Gasteiger partial charge in [0, 0.05) is 0 Å². The quantitative estimate of drug-likeness (QED) is 0.789. The number of aromatic nitrogens is 1. The van der Waals surface area contributed by atoms with Crippen molar-refractivity contribution in [1.82, 2.24) is 4.98 Å². The van der Waals surface area contributed by atoms with Crippen LogP contribution >= 0.6 is 0 Å². The number of oxazole rings is 1. The average molecular weight is 253 g/mol. The summed E-state index contributed by atoms with van der Waals surface area (Å²) >= 11 is 0. The monoisotopic (exact) mass is 253 g/mol. The molecule has 2 rings (SSSR count). The van der Waals surface area contributed by atoms with Gasteiger partial charge in [0.2, 0.25) is 0 Å². The number of carbonyl (C=O) groups excluding carboxylic acids is 1. The van der Waals surface area contributed by atoms with Crippen LogP contribution in [0.25, 0.3) is 11.3 Å². The largest absolute Gasteiger partial charge is 0.461 e. The maximum absolute atomic E-state index is 13.6. The van der Waals surface area contributed by atoms with E-state index in [9.17, 15) is 13.6 Å². The van der Waals surface area contributed by atoms with Gasteiger partial charge in [-0.1, -0.05) is 6.07 Å². The van der Waals surface area contributed by atoms with Crippen LogP contribution in [0.2, 0.25) is 0 Å². The van der Waals surface area contributed by atoms with Gasteiger partial charge in [0.25, 0.3) is 0 Å². The van der Waals surface area contributed by atoms with E-state index >= 15 is 0 Å². The summed E-state index contributed by atoms with van der Waals surface area (Å²) in [6.45, 7) is 1.77. The molecule has 0 bridgehead atoms. The Bertz CT molecular complexity index is 580. The van der Waals surface area contributed by atoms with E-state index in [0.29, 0.717) is 0 Å². The summed E-state index contributed by atoms with van der Waals surface area (Å²) in [5.41, 5.74) is -0.350. The summed E-state index contributed by atoms with van der Waals surface area (Å²) in [6.07, 6.45) is 0.978. The maximum Gasteiger partial charge on any atom is 0.360 e. The van der Waals surface area contributed by atoms with Gasteiger partial charge in [-0.2, -0.15) is 0 Å². The van der Waals surface area contributed by atoms with Crippen molar-refractivity contribution in [2.75, 3.05) is 6.61 Å². The highest BCUT2D eigenvalue weighted by atomic mass is 19.2. The molecule has 0 aliphatic rings. The van der Waals surface area contributed by atoms with Crippen molar-refractivity contribution in [2.45, 2.75) is 6.92 Å². The highest BCUT2D eigenvalue weighted by molar-refractivity contribution is 5.93. The molecule has 0 atom stereocenters. The van der Waals surface area contributed by atoms with E-state index in [1.165, 1.54) is 12.1 Å². The fraction of sp³-hybridized carbons (Fsp3) is 0.167. The number of nitrogens with zero attached hydrogens (tertiary/aromatic N) is 1. The molecular formula is C12H9F2NO3. The van der Waals surface area contributed by atoms with E-state index in [2.05, 4.69) is 4.98 Å². The molecule has 0 saturated heterocycles. The Balaban J connectivity index is 2.49. The molecule has 0 radical (unpaired) electrons. The van der Waals surface area contributed by atoms with Crippen LogP contribution in [0.4, 0.5) is 8.78 Å². The zero-order valence-electron chi connectivity index (χ0n) is 9.44. The first-order valence-electron chi connectivity index (χ1n) is 5.20. The summed E-state index contributed by atoms with van der Waals surface area (Å²) in [5, 5.41) is 0. The van der Waals surface area contributed by atoms with Crippen molar-refractivity contribution >= 4 is 5.97 Å². The topological polar surface area (TPSA) is 52.3 Å². The standard InChI is InChI=1S/C12H9F2NO3/c1-2-17-12(16)10-11(18-6-15-10)7-4-3-5-8(13)9(7)14/h3-6H,2H2,1H3. The Morgan fingerprint density at radius 3 is 2.94 bits per heavy atom. The molecule has 2 aromatic rings. The molecular weight excluding hydrogens is 244 g/mol. The second-order valence-electron chi connectivity index (χ2n) is 3.35. The first-order chi connectivity index (χ1) is 8.65. The lowest BCUT2D eigenvalue weighted by Crippen LogP contribution is -2.06. The van der Waals surface area contributed by atoms with Gasteiger partial charge in [-0.25, -0.2) is 18.6 Å². The number of hydrogen-bond acceptors (Lipinski definition) is 4. The highest BCUT2D eigenvalue weighted by Crippen LogP contribution is 2.27. The highest BCUT2D eigenvalue weighted by Gasteiger charge is 2.22. The molecule has 4 nitrogen and oxygen atoms in total. The van der Waals surface area contributed by atoms with Crippen molar-refractivity contribution in [3.63, 3.8) is 0 Å². The average Bonchev–Trinajstić information content (AvgIpc) is 2.82. The number of carbonyl (C=O) groups is 1. The molecule has 18 heavy (non-hydrogen) atoms. The lowest BCUT2D eigenvalue weighted by Gasteiger charge is -2.03. The van der Waals surface area contributed by atoms with Crippen LogP contribution in [0.1, 0.15) is 17.4 Å². The van der Waals surface area contributed by atoms with E-state index < -0.39 is 17.6 Å². The van der Waals surface area contributed by atoms with Gasteiger partial charge in [0.15, 0.2) is 29.5 Å². The van der Waals surface area contributed by atoms with Gasteiger partial charge in [-0.15, -0.1) is 0 Å². The molecule has 0 saturated carbocycles. The first-order valence-corrected chi connectivity index (χ1v) is 5.20. The Morgan fingerprint density at radius 2 is 2.22 bits per heavy atom. The molecule has 0 aliphatic heterocycles. The number of halogens is 2. The lowest BCUT2D eigenvalue weighted by molar-refractivity contribution is 0.0520. The number of hydrogen-bond donors (Lipinski definition) is 0. The van der Waals surface area contributed by atoms with Crippen LogP contribution in [-0.2, 0) is 4.74 Å². The van der Waals surface area contributed by atoms with Gasteiger partial charge in [-0.3, -0.25) is 0 Å². The van der Waals surface area contributed by atoms with Gasteiger partial charge in [0.1, 0.15) is 0 Å². The molecule has 1 aromatic carbocycles. The van der Waals surface area contributed by atoms with Crippen LogP contribution in [-0.4, -0.2) is 17.6 Å². The smallest absolute Gasteiger partial charge is 0.360 e. The van der Waals surface area contributed by atoms with Crippen molar-refractivity contribution in [3.8, 4) is 11.3 Å². The Morgan fingerprint density at radius 1 is 1.44 bits per heavy atom. The molecule has 0 fully saturated rings. The molecule has 94 valence electrons. The summed E-state index contributed by atoms with van der Waals surface area (Å²) in [7, 11) is 0. The lowest BCUT2D eigenvalue weighted by atomic mass is 10.1. The Kier molecular flexibility index (Phi) is 3.36. The first kappa shape index (κ1) is 12.2. The molecule has 0 unspecified atom stereocenters. The van der Waals surface area contributed by atoms with Crippen LogP contribution in [0.3, 0.4) is 0 Å². The number of benzene rings is 1. The minimum atomic E-state index is -1.10. The Labute approximate surface area is 101 Å². The van der Waals surface area contributed by atoms with Crippen LogP contribution in [0.5, 0.6) is 0 Å². The third-order valence-electron chi connectivity index (χ3n) is 2.23. The van der Waals surface area contributed by atoms with Gasteiger partial charge in [0.05, 0.1) is 12.2 Å². The van der Waals surface area contributed by atoms with E-state index in [1.54, 1.807) is 6.92 Å². The SMILES string of the molecule is CCOC(=O)c1ncoc1-c1cccc(F)c1F. The van der Waals surface area contributed by atoms with Gasteiger partial charge >= 0.3 is 5.97 Å². The minimum absolute atomic E-state index is 0.148. The third-order valence-corrected chi connectivity index (χ3v) is 2.23. The summed E-state index contributed by atoms with van der Waals surface area (Å²) < 4.78 is 36.4. The Hall–Kier alpha value is -2.24. The second-order valence-corrected chi connectivity index (χ2v) is 3.35. The zero-order chi connectivity index (χ0) is 13.1. The predicted octanol–water partition coefficient (Wildman–Crippen LogP) is 2.80. The minimum Gasteiger partial charge on any atom is -0.461 e. The van der Waals surface area contributed by atoms with Crippen LogP contribution in [0.15, 0.2) is 29.0 Å². The fourth-order valence-electron chi connectivity index (χ4n) is 1.46. The van der Waals surface area contributed by atoms with Crippen molar-refractivity contribution < 1.29 is 22.7 Å². The van der Waals surface area contributed by atoms with E-state index in [4.69, 9.17) is 9.15 Å². The molecule has 1 heterocycles. The molecule has 1 aromatic heterocycles. The van der Waals surface area contributed by atoms with Crippen molar-refractivity contribution in [3.05, 3.63) is 41.9 Å². The molecule has 0 spiro atoms. The summed E-state index contributed by atoms with van der Waals surface area (Å²) in [6, 6.07) is 3.58. The predicted molar refractivity (Wildman–Crippen MR) is 57.8 cm³/mol. The van der Waals surface area contributed by atoms with Crippen LogP contribution < -0.4 is 0 Å².